The molecule has 3 atom stereocenters. The van der Waals surface area contributed by atoms with Crippen LogP contribution in [0.5, 0.6) is 5.75 Å². The molecule has 33 heavy (non-hydrogen) atoms. The fourth-order valence-corrected chi connectivity index (χ4v) is 8.20. The summed E-state index contributed by atoms with van der Waals surface area (Å²) in [4.78, 5) is 7.89. The van der Waals surface area contributed by atoms with E-state index in [1.807, 2.05) is 18.2 Å². The molecule has 2 aromatic carbocycles. The van der Waals surface area contributed by atoms with E-state index in [-0.39, 0.29) is 0 Å². The lowest BCUT2D eigenvalue weighted by molar-refractivity contribution is -0.0132. The van der Waals surface area contributed by atoms with E-state index in [2.05, 4.69) is 22.3 Å². The summed E-state index contributed by atoms with van der Waals surface area (Å²) in [6.07, 6.45) is 11.1. The molecule has 2 saturated carbocycles. The zero-order valence-corrected chi connectivity index (χ0v) is 20.0. The van der Waals surface area contributed by atoms with E-state index in [1.54, 1.807) is 28.5 Å². The van der Waals surface area contributed by atoms with Gasteiger partial charge in [-0.05, 0) is 97.9 Å². The van der Waals surface area contributed by atoms with Crippen LogP contribution in [0.3, 0.4) is 0 Å². The number of likely N-dealkylation sites (tertiary alicyclic amines) is 1. The van der Waals surface area contributed by atoms with Gasteiger partial charge in [-0.2, -0.15) is 0 Å². The van der Waals surface area contributed by atoms with Crippen LogP contribution in [0.25, 0.3) is 10.2 Å². The average molecular weight is 460 g/mol. The quantitative estimate of drug-likeness (QED) is 0.485. The molecule has 3 fully saturated rings. The van der Waals surface area contributed by atoms with Gasteiger partial charge in [0.25, 0.3) is 0 Å². The Balaban J connectivity index is 1.22. The number of phenolic OH excluding ortho intramolecular Hbond substituents is 1. The number of anilines is 1. The van der Waals surface area contributed by atoms with E-state index in [4.69, 9.17) is 4.98 Å². The molecule has 4 nitrogen and oxygen atoms in total. The molecule has 3 aliphatic carbocycles. The Morgan fingerprint density at radius 1 is 1.12 bits per heavy atom. The van der Waals surface area contributed by atoms with Crippen molar-refractivity contribution in [1.29, 1.82) is 0 Å². The Hall–Kier alpha value is -2.11. The van der Waals surface area contributed by atoms with Crippen LogP contribution in [0.15, 0.2) is 36.4 Å². The SMILES string of the molecule is Oc1cccc(CNc2nc3cc4c(cc3s2)C[C@@H]2[C@@H]3CCCC[C@]43CCN2CC2CC2)c1. The molecule has 0 unspecified atom stereocenters. The summed E-state index contributed by atoms with van der Waals surface area (Å²) < 4.78 is 1.31. The van der Waals surface area contributed by atoms with Gasteiger partial charge in [-0.3, -0.25) is 4.90 Å². The van der Waals surface area contributed by atoms with Crippen molar-refractivity contribution in [3.05, 3.63) is 53.1 Å². The molecule has 0 spiro atoms. The normalized spacial score (nSPS) is 29.0. The number of aromatic hydroxyl groups is 1. The molecule has 1 aromatic heterocycles. The molecule has 2 heterocycles. The number of hydrogen-bond acceptors (Lipinski definition) is 5. The monoisotopic (exact) mass is 459 g/mol. The topological polar surface area (TPSA) is 48.4 Å². The van der Waals surface area contributed by atoms with Gasteiger partial charge in [0.1, 0.15) is 5.75 Å². The second kappa shape index (κ2) is 7.71. The van der Waals surface area contributed by atoms with Gasteiger partial charge >= 0.3 is 0 Å². The van der Waals surface area contributed by atoms with Gasteiger partial charge in [0.2, 0.25) is 0 Å². The first-order valence-corrected chi connectivity index (χ1v) is 13.7. The Bertz CT molecular complexity index is 1200. The van der Waals surface area contributed by atoms with E-state index in [0.29, 0.717) is 17.7 Å². The van der Waals surface area contributed by atoms with Crippen molar-refractivity contribution < 1.29 is 5.11 Å². The highest BCUT2D eigenvalue weighted by Gasteiger charge is 2.54. The molecule has 4 aliphatic rings. The van der Waals surface area contributed by atoms with E-state index in [0.717, 1.165) is 34.1 Å². The molecule has 172 valence electrons. The van der Waals surface area contributed by atoms with Crippen molar-refractivity contribution in [3.63, 3.8) is 0 Å². The van der Waals surface area contributed by atoms with Crippen molar-refractivity contribution in [1.82, 2.24) is 9.88 Å². The number of fused-ring (bicyclic) bond motifs is 2. The summed E-state index contributed by atoms with van der Waals surface area (Å²) >= 11 is 1.77. The third-order valence-electron chi connectivity index (χ3n) is 9.00. The summed E-state index contributed by atoms with van der Waals surface area (Å²) in [6.45, 7) is 3.32. The van der Waals surface area contributed by atoms with Crippen molar-refractivity contribution in [3.8, 4) is 5.75 Å². The molecule has 7 rings (SSSR count). The van der Waals surface area contributed by atoms with Gasteiger partial charge in [-0.15, -0.1) is 0 Å². The van der Waals surface area contributed by atoms with Crippen LogP contribution in [0.4, 0.5) is 5.13 Å². The van der Waals surface area contributed by atoms with Gasteiger partial charge in [-0.25, -0.2) is 4.98 Å². The van der Waals surface area contributed by atoms with Crippen LogP contribution in [-0.4, -0.2) is 34.1 Å². The zero-order chi connectivity index (χ0) is 22.0. The van der Waals surface area contributed by atoms with Crippen LogP contribution in [0.2, 0.25) is 0 Å². The molecular formula is C28H33N3OS. The number of phenols is 1. The number of aromatic nitrogens is 1. The predicted octanol–water partition coefficient (Wildman–Crippen LogP) is 6.08. The standard InChI is InChI=1S/C28H33N3OS/c32-21-5-3-4-19(12-21)16-29-27-30-24-15-23-20(14-26(24)33-27)13-25-22-6-1-2-9-28(22,23)10-11-31(25)17-18-7-8-18/h3-5,12,14-15,18,22,25,32H,1-2,6-11,13,16-17H2,(H,29,30)/t22-,25+,28+/m0/s1. The third kappa shape index (κ3) is 3.47. The van der Waals surface area contributed by atoms with Crippen LogP contribution in [0.1, 0.15) is 61.6 Å². The minimum absolute atomic E-state index is 0.314. The van der Waals surface area contributed by atoms with Gasteiger partial charge in [0.15, 0.2) is 5.13 Å². The second-order valence-electron chi connectivity index (χ2n) is 11.0. The number of hydrogen-bond donors (Lipinski definition) is 2. The van der Waals surface area contributed by atoms with Crippen molar-refractivity contribution in [2.45, 2.75) is 69.4 Å². The molecule has 3 aromatic rings. The average Bonchev–Trinajstić information content (AvgIpc) is 3.55. The highest BCUT2D eigenvalue weighted by molar-refractivity contribution is 7.22. The highest BCUT2D eigenvalue weighted by atomic mass is 32.1. The molecule has 5 heteroatoms. The number of nitrogens with zero attached hydrogens (tertiary/aromatic N) is 2. The van der Waals surface area contributed by atoms with E-state index in [9.17, 15) is 5.11 Å². The minimum Gasteiger partial charge on any atom is -0.508 e. The first kappa shape index (κ1) is 20.3. The summed E-state index contributed by atoms with van der Waals surface area (Å²) in [5.74, 6) is 2.13. The summed E-state index contributed by atoms with van der Waals surface area (Å²) in [5.41, 5.74) is 5.88. The smallest absolute Gasteiger partial charge is 0.184 e. The molecule has 2 bridgehead atoms. The van der Waals surface area contributed by atoms with Crippen molar-refractivity contribution in [2.24, 2.45) is 11.8 Å². The molecular weight excluding hydrogens is 426 g/mol. The molecule has 0 radical (unpaired) electrons. The van der Waals surface area contributed by atoms with Crippen LogP contribution in [0, 0.1) is 11.8 Å². The zero-order valence-electron chi connectivity index (χ0n) is 19.2. The molecule has 2 N–H and O–H groups in total. The molecule has 0 amide bonds. The Morgan fingerprint density at radius 3 is 2.94 bits per heavy atom. The van der Waals surface area contributed by atoms with Gasteiger partial charge in [-0.1, -0.05) is 36.3 Å². The summed E-state index contributed by atoms with van der Waals surface area (Å²) in [5, 5.41) is 14.2. The molecule has 1 aliphatic heterocycles. The number of benzene rings is 2. The van der Waals surface area contributed by atoms with Crippen LogP contribution >= 0.6 is 11.3 Å². The second-order valence-corrected chi connectivity index (χ2v) is 12.0. The van der Waals surface area contributed by atoms with E-state index < -0.39 is 0 Å². The van der Waals surface area contributed by atoms with E-state index >= 15 is 0 Å². The van der Waals surface area contributed by atoms with E-state index in [1.165, 1.54) is 69.2 Å². The maximum absolute atomic E-state index is 9.74. The fraction of sp³-hybridized carbons (Fsp3) is 0.536. The first-order valence-electron chi connectivity index (χ1n) is 12.9. The van der Waals surface area contributed by atoms with Crippen molar-refractivity contribution in [2.75, 3.05) is 18.4 Å². The Morgan fingerprint density at radius 2 is 2.06 bits per heavy atom. The lowest BCUT2D eigenvalue weighted by Gasteiger charge is -2.59. The number of rotatable bonds is 5. The fourth-order valence-electron chi connectivity index (χ4n) is 7.29. The maximum atomic E-state index is 9.74. The number of thiazole rings is 1. The minimum atomic E-state index is 0.314. The van der Waals surface area contributed by atoms with Crippen LogP contribution < -0.4 is 5.32 Å². The van der Waals surface area contributed by atoms with Crippen LogP contribution in [-0.2, 0) is 18.4 Å². The Kier molecular flexibility index (Phi) is 4.74. The Labute approximate surface area is 200 Å². The number of piperidine rings is 1. The summed E-state index contributed by atoms with van der Waals surface area (Å²) in [7, 11) is 0. The van der Waals surface area contributed by atoms with Gasteiger partial charge in [0, 0.05) is 24.5 Å². The predicted molar refractivity (Wildman–Crippen MR) is 135 cm³/mol. The molecule has 1 saturated heterocycles. The van der Waals surface area contributed by atoms with Gasteiger partial charge < -0.3 is 10.4 Å². The first-order chi connectivity index (χ1) is 16.2. The third-order valence-corrected chi connectivity index (χ3v) is 9.98. The lowest BCUT2D eigenvalue weighted by Crippen LogP contribution is -2.61. The number of nitrogens with one attached hydrogen (secondary N) is 1. The van der Waals surface area contributed by atoms with Gasteiger partial charge in [0.05, 0.1) is 10.2 Å². The lowest BCUT2D eigenvalue weighted by atomic mass is 9.52. The summed E-state index contributed by atoms with van der Waals surface area (Å²) in [6, 6.07) is 13.2. The maximum Gasteiger partial charge on any atom is 0.184 e. The van der Waals surface area contributed by atoms with Crippen molar-refractivity contribution >= 4 is 26.7 Å². The highest BCUT2D eigenvalue weighted by Crippen LogP contribution is 2.56. The largest absolute Gasteiger partial charge is 0.508 e.